The molecule has 3 N–H and O–H groups in total. The van der Waals surface area contributed by atoms with Gasteiger partial charge in [0.25, 0.3) is 10.0 Å². The Balaban J connectivity index is 1.68. The van der Waals surface area contributed by atoms with E-state index in [2.05, 4.69) is 34.2 Å². The van der Waals surface area contributed by atoms with Crippen molar-refractivity contribution in [3.05, 3.63) is 42.1 Å². The van der Waals surface area contributed by atoms with E-state index in [4.69, 9.17) is 0 Å². The van der Waals surface area contributed by atoms with Gasteiger partial charge < -0.3 is 10.6 Å². The summed E-state index contributed by atoms with van der Waals surface area (Å²) in [7, 11) is -3.77. The molecule has 1 aromatic carbocycles. The number of nitrogens with zero attached hydrogens (tertiary/aromatic N) is 1. The van der Waals surface area contributed by atoms with Gasteiger partial charge >= 0.3 is 0 Å². The second-order valence-electron chi connectivity index (χ2n) is 6.69. The smallest absolute Gasteiger partial charge is 0.263 e. The number of carbonyl (C=O) groups is 1. The summed E-state index contributed by atoms with van der Waals surface area (Å²) in [5.41, 5.74) is 2.18. The Morgan fingerprint density at radius 1 is 1.23 bits per heavy atom. The van der Waals surface area contributed by atoms with Gasteiger partial charge in [0.2, 0.25) is 5.91 Å². The first-order valence-corrected chi connectivity index (χ1v) is 9.97. The van der Waals surface area contributed by atoms with Crippen LogP contribution in [0.15, 0.2) is 41.4 Å². The van der Waals surface area contributed by atoms with Crippen molar-refractivity contribution in [1.29, 1.82) is 0 Å². The van der Waals surface area contributed by atoms with Crippen LogP contribution in [-0.4, -0.2) is 25.9 Å². The van der Waals surface area contributed by atoms with E-state index in [1.807, 2.05) is 0 Å². The number of pyridine rings is 1. The fraction of sp³-hybridized carbons (Fsp3) is 0.333. The van der Waals surface area contributed by atoms with Crippen molar-refractivity contribution < 1.29 is 13.2 Å². The fourth-order valence-electron chi connectivity index (χ4n) is 2.63. The van der Waals surface area contributed by atoms with E-state index < -0.39 is 10.0 Å². The lowest BCUT2D eigenvalue weighted by Crippen LogP contribution is -2.14. The summed E-state index contributed by atoms with van der Waals surface area (Å²) in [6.07, 6.45) is 2.83. The van der Waals surface area contributed by atoms with E-state index in [1.54, 1.807) is 24.4 Å². The number of carbonyl (C=O) groups excluding carboxylic acids is 1. The van der Waals surface area contributed by atoms with Crippen molar-refractivity contribution in [1.82, 2.24) is 4.98 Å². The minimum absolute atomic E-state index is 0.105. The van der Waals surface area contributed by atoms with E-state index in [-0.39, 0.29) is 23.0 Å². The molecule has 0 aliphatic carbocycles. The third-order valence-corrected chi connectivity index (χ3v) is 5.42. The summed E-state index contributed by atoms with van der Waals surface area (Å²) in [5, 5.41) is 5.93. The lowest BCUT2D eigenvalue weighted by Gasteiger charge is -2.10. The van der Waals surface area contributed by atoms with Crippen LogP contribution in [0.25, 0.3) is 0 Å². The van der Waals surface area contributed by atoms with E-state index in [0.29, 0.717) is 17.2 Å². The zero-order valence-corrected chi connectivity index (χ0v) is 15.6. The number of hydrogen-bond donors (Lipinski definition) is 3. The molecule has 0 fully saturated rings. The second kappa shape index (κ2) is 7.33. The summed E-state index contributed by atoms with van der Waals surface area (Å²) in [6.45, 7) is 5.15. The highest BCUT2D eigenvalue weighted by Gasteiger charge is 2.22. The van der Waals surface area contributed by atoms with Gasteiger partial charge in [0.05, 0.1) is 23.2 Å². The highest BCUT2D eigenvalue weighted by atomic mass is 32.2. The lowest BCUT2D eigenvalue weighted by atomic mass is 10.1. The molecule has 0 saturated carbocycles. The van der Waals surface area contributed by atoms with E-state index >= 15 is 0 Å². The Morgan fingerprint density at radius 3 is 2.73 bits per heavy atom. The molecule has 2 aromatic rings. The van der Waals surface area contributed by atoms with Gasteiger partial charge in [-0.15, -0.1) is 0 Å². The SMILES string of the molecule is CC(C)CCNc1ccc(NS(=O)(=O)c2ccc3c(c2)CC(=O)N3)nc1. The molecule has 2 heterocycles. The molecule has 8 heteroatoms. The maximum absolute atomic E-state index is 12.5. The molecule has 1 aromatic heterocycles. The topological polar surface area (TPSA) is 100 Å². The molecular formula is C18H22N4O3S. The number of benzene rings is 1. The summed E-state index contributed by atoms with van der Waals surface area (Å²) in [5.74, 6) is 0.721. The number of fused-ring (bicyclic) bond motifs is 1. The van der Waals surface area contributed by atoms with Crippen molar-refractivity contribution in [2.24, 2.45) is 5.92 Å². The van der Waals surface area contributed by atoms with Gasteiger partial charge in [-0.2, -0.15) is 0 Å². The Kier molecular flexibility index (Phi) is 5.13. The van der Waals surface area contributed by atoms with Gasteiger partial charge in [-0.05, 0) is 48.2 Å². The first-order chi connectivity index (χ1) is 12.3. The molecule has 1 aliphatic rings. The van der Waals surface area contributed by atoms with E-state index in [0.717, 1.165) is 18.7 Å². The Morgan fingerprint density at radius 2 is 2.04 bits per heavy atom. The van der Waals surface area contributed by atoms with Crippen LogP contribution in [0.4, 0.5) is 17.2 Å². The van der Waals surface area contributed by atoms with Crippen LogP contribution >= 0.6 is 0 Å². The number of amides is 1. The normalized spacial score (nSPS) is 13.4. The Bertz CT molecular complexity index is 909. The van der Waals surface area contributed by atoms with Crippen LogP contribution in [0.1, 0.15) is 25.8 Å². The first kappa shape index (κ1) is 18.2. The number of rotatable bonds is 7. The number of hydrogen-bond acceptors (Lipinski definition) is 5. The molecule has 1 aliphatic heterocycles. The summed E-state index contributed by atoms with van der Waals surface area (Å²) >= 11 is 0. The number of anilines is 3. The molecule has 0 radical (unpaired) electrons. The zero-order chi connectivity index (χ0) is 18.7. The van der Waals surface area contributed by atoms with Crippen molar-refractivity contribution in [2.75, 3.05) is 21.9 Å². The predicted octanol–water partition coefficient (Wildman–Crippen LogP) is 2.84. The van der Waals surface area contributed by atoms with E-state index in [1.165, 1.54) is 12.1 Å². The molecular weight excluding hydrogens is 352 g/mol. The quantitative estimate of drug-likeness (QED) is 0.692. The van der Waals surface area contributed by atoms with Gasteiger partial charge in [0.1, 0.15) is 5.82 Å². The Labute approximate surface area is 153 Å². The molecule has 26 heavy (non-hydrogen) atoms. The van der Waals surface area contributed by atoms with Gasteiger partial charge in [0, 0.05) is 12.2 Å². The van der Waals surface area contributed by atoms with Crippen LogP contribution in [0.3, 0.4) is 0 Å². The molecule has 3 rings (SSSR count). The first-order valence-electron chi connectivity index (χ1n) is 8.49. The van der Waals surface area contributed by atoms with Crippen LogP contribution in [0, 0.1) is 5.92 Å². The third-order valence-electron chi connectivity index (χ3n) is 4.07. The maximum Gasteiger partial charge on any atom is 0.263 e. The van der Waals surface area contributed by atoms with Crippen LogP contribution in [-0.2, 0) is 21.2 Å². The average Bonchev–Trinajstić information content (AvgIpc) is 2.95. The second-order valence-corrected chi connectivity index (χ2v) is 8.37. The van der Waals surface area contributed by atoms with Crippen molar-refractivity contribution >= 4 is 33.1 Å². The molecule has 0 saturated heterocycles. The number of sulfonamides is 1. The van der Waals surface area contributed by atoms with Gasteiger partial charge in [-0.1, -0.05) is 13.8 Å². The van der Waals surface area contributed by atoms with Gasteiger partial charge in [0.15, 0.2) is 0 Å². The molecule has 0 spiro atoms. The molecule has 7 nitrogen and oxygen atoms in total. The van der Waals surface area contributed by atoms with Gasteiger partial charge in [-0.25, -0.2) is 13.4 Å². The maximum atomic E-state index is 12.5. The predicted molar refractivity (Wildman–Crippen MR) is 102 cm³/mol. The molecule has 0 bridgehead atoms. The molecule has 0 unspecified atom stereocenters. The molecule has 1 amide bonds. The number of aromatic nitrogens is 1. The standard InChI is InChI=1S/C18H22N4O3S/c1-12(2)7-8-19-14-3-6-17(20-11-14)22-26(24,25)15-4-5-16-13(9-15)10-18(23)21-16/h3-6,9,11-12,19H,7-8,10H2,1-2H3,(H,20,22)(H,21,23). The largest absolute Gasteiger partial charge is 0.384 e. The third kappa shape index (κ3) is 4.32. The molecule has 138 valence electrons. The van der Waals surface area contributed by atoms with Gasteiger partial charge in [-0.3, -0.25) is 9.52 Å². The Hall–Kier alpha value is -2.61. The minimum atomic E-state index is -3.77. The van der Waals surface area contributed by atoms with E-state index in [9.17, 15) is 13.2 Å². The van der Waals surface area contributed by atoms with Crippen molar-refractivity contribution in [3.8, 4) is 0 Å². The lowest BCUT2D eigenvalue weighted by molar-refractivity contribution is -0.115. The highest BCUT2D eigenvalue weighted by Crippen LogP contribution is 2.26. The zero-order valence-electron chi connectivity index (χ0n) is 14.7. The highest BCUT2D eigenvalue weighted by molar-refractivity contribution is 7.92. The summed E-state index contributed by atoms with van der Waals surface area (Å²) in [6, 6.07) is 7.99. The molecule has 0 atom stereocenters. The number of nitrogens with one attached hydrogen (secondary N) is 3. The fourth-order valence-corrected chi connectivity index (χ4v) is 3.69. The summed E-state index contributed by atoms with van der Waals surface area (Å²) in [4.78, 5) is 15.7. The van der Waals surface area contributed by atoms with Crippen LogP contribution < -0.4 is 15.4 Å². The van der Waals surface area contributed by atoms with Crippen LogP contribution in [0.5, 0.6) is 0 Å². The average molecular weight is 374 g/mol. The monoisotopic (exact) mass is 374 g/mol. The summed E-state index contributed by atoms with van der Waals surface area (Å²) < 4.78 is 27.6. The van der Waals surface area contributed by atoms with Crippen LogP contribution in [0.2, 0.25) is 0 Å². The van der Waals surface area contributed by atoms with Crippen molar-refractivity contribution in [3.63, 3.8) is 0 Å². The van der Waals surface area contributed by atoms with Crippen molar-refractivity contribution in [2.45, 2.75) is 31.6 Å². The minimum Gasteiger partial charge on any atom is -0.384 e.